The van der Waals surface area contributed by atoms with Gasteiger partial charge >= 0.3 is 7.82 Å². The van der Waals surface area contributed by atoms with Gasteiger partial charge in [-0.1, -0.05) is 109 Å². The summed E-state index contributed by atoms with van der Waals surface area (Å²) >= 11 is 0. The maximum absolute atomic E-state index is 11.0. The highest BCUT2D eigenvalue weighted by Gasteiger charge is 2.19. The van der Waals surface area contributed by atoms with E-state index in [1.165, 1.54) is 77.0 Å². The van der Waals surface area contributed by atoms with E-state index >= 15 is 0 Å². The summed E-state index contributed by atoms with van der Waals surface area (Å²) in [4.78, 5) is 17.9. The van der Waals surface area contributed by atoms with Gasteiger partial charge in [-0.05, 0) is 25.0 Å². The number of para-hydroxylation sites is 1. The van der Waals surface area contributed by atoms with Crippen molar-refractivity contribution >= 4 is 7.82 Å². The van der Waals surface area contributed by atoms with Crippen LogP contribution in [-0.2, 0) is 9.09 Å². The maximum Gasteiger partial charge on any atom is 0.469 e. The number of ether oxygens (including phenoxy) is 1. The van der Waals surface area contributed by atoms with Crippen LogP contribution in [0.25, 0.3) is 0 Å². The molecular weight excluding hydrogens is 399 g/mol. The van der Waals surface area contributed by atoms with Crippen LogP contribution in [0.15, 0.2) is 30.3 Å². The second kappa shape index (κ2) is 17.8. The quantitative estimate of drug-likeness (QED) is 0.162. The van der Waals surface area contributed by atoms with E-state index in [1.807, 2.05) is 30.3 Å². The predicted octanol–water partition coefficient (Wildman–Crippen LogP) is 7.41. The zero-order valence-corrected chi connectivity index (χ0v) is 19.7. The number of phosphoric ester groups is 1. The summed E-state index contributed by atoms with van der Waals surface area (Å²) in [5, 5.41) is 0. The Bertz CT molecular complexity index is 546. The Morgan fingerprint density at radius 2 is 1.23 bits per heavy atom. The SMILES string of the molecule is CCCCCCCCCCCCCCCCC(COP(=O)(O)O)Oc1ccccc1. The molecule has 30 heavy (non-hydrogen) atoms. The first-order valence-electron chi connectivity index (χ1n) is 11.9. The molecule has 5 nitrogen and oxygen atoms in total. The Kier molecular flexibility index (Phi) is 16.1. The third-order valence-electron chi connectivity index (χ3n) is 5.35. The van der Waals surface area contributed by atoms with Crippen molar-refractivity contribution in [2.24, 2.45) is 0 Å². The summed E-state index contributed by atoms with van der Waals surface area (Å²) in [5.41, 5.74) is 0. The van der Waals surface area contributed by atoms with Crippen LogP contribution in [0.2, 0.25) is 0 Å². The molecule has 0 radical (unpaired) electrons. The molecule has 0 fully saturated rings. The first kappa shape index (κ1) is 27.2. The summed E-state index contributed by atoms with van der Waals surface area (Å²) in [6, 6.07) is 9.35. The van der Waals surface area contributed by atoms with Gasteiger partial charge in [-0.3, -0.25) is 4.52 Å². The second-order valence-electron chi connectivity index (χ2n) is 8.22. The lowest BCUT2D eigenvalue weighted by Gasteiger charge is -2.19. The topological polar surface area (TPSA) is 76.0 Å². The van der Waals surface area contributed by atoms with Crippen LogP contribution in [0.1, 0.15) is 103 Å². The Morgan fingerprint density at radius 3 is 1.70 bits per heavy atom. The summed E-state index contributed by atoms with van der Waals surface area (Å²) in [5.74, 6) is 0.696. The molecule has 0 aromatic heterocycles. The van der Waals surface area contributed by atoms with Gasteiger partial charge in [0.15, 0.2) is 0 Å². The van der Waals surface area contributed by atoms with Gasteiger partial charge < -0.3 is 14.5 Å². The molecule has 1 aromatic carbocycles. The lowest BCUT2D eigenvalue weighted by Crippen LogP contribution is -2.22. The molecule has 0 saturated heterocycles. The number of rotatable bonds is 20. The highest BCUT2D eigenvalue weighted by Crippen LogP contribution is 2.36. The number of hydrogen-bond acceptors (Lipinski definition) is 3. The van der Waals surface area contributed by atoms with E-state index in [0.717, 1.165) is 19.3 Å². The van der Waals surface area contributed by atoms with Gasteiger partial charge in [-0.25, -0.2) is 4.57 Å². The molecule has 0 saturated carbocycles. The van der Waals surface area contributed by atoms with E-state index in [1.54, 1.807) is 0 Å². The zero-order chi connectivity index (χ0) is 21.9. The molecule has 1 aromatic rings. The highest BCUT2D eigenvalue weighted by molar-refractivity contribution is 7.46. The number of hydrogen-bond donors (Lipinski definition) is 2. The minimum atomic E-state index is -4.48. The normalized spacial score (nSPS) is 12.8. The average molecular weight is 443 g/mol. The Balaban J connectivity index is 2.06. The van der Waals surface area contributed by atoms with Crippen LogP contribution in [-0.4, -0.2) is 22.5 Å². The van der Waals surface area contributed by atoms with Crippen LogP contribution < -0.4 is 4.74 Å². The van der Waals surface area contributed by atoms with E-state index in [9.17, 15) is 4.57 Å². The number of unbranched alkanes of at least 4 members (excludes halogenated alkanes) is 13. The number of phosphoric acid groups is 1. The van der Waals surface area contributed by atoms with Crippen molar-refractivity contribution in [2.75, 3.05) is 6.61 Å². The monoisotopic (exact) mass is 442 g/mol. The molecule has 0 amide bonds. The molecule has 0 aliphatic rings. The second-order valence-corrected chi connectivity index (χ2v) is 9.46. The van der Waals surface area contributed by atoms with Crippen LogP contribution in [0.4, 0.5) is 0 Å². The van der Waals surface area contributed by atoms with Gasteiger partial charge in [0.1, 0.15) is 11.9 Å². The molecular formula is C24H43O5P. The largest absolute Gasteiger partial charge is 0.488 e. The fraction of sp³-hybridized carbons (Fsp3) is 0.750. The van der Waals surface area contributed by atoms with Crippen LogP contribution >= 0.6 is 7.82 Å². The third-order valence-corrected chi connectivity index (χ3v) is 5.84. The summed E-state index contributed by atoms with van der Waals surface area (Å²) in [7, 11) is -4.48. The minimum Gasteiger partial charge on any atom is -0.488 e. The highest BCUT2D eigenvalue weighted by atomic mass is 31.2. The van der Waals surface area contributed by atoms with Gasteiger partial charge in [0.2, 0.25) is 0 Å². The fourth-order valence-corrected chi connectivity index (χ4v) is 3.98. The zero-order valence-electron chi connectivity index (χ0n) is 18.8. The molecule has 1 atom stereocenters. The molecule has 1 rings (SSSR count). The van der Waals surface area contributed by atoms with Crippen LogP contribution in [0, 0.1) is 0 Å². The smallest absolute Gasteiger partial charge is 0.469 e. The molecule has 6 heteroatoms. The van der Waals surface area contributed by atoms with Crippen LogP contribution in [0.5, 0.6) is 5.75 Å². The van der Waals surface area contributed by atoms with E-state index in [-0.39, 0.29) is 12.7 Å². The molecule has 1 unspecified atom stereocenters. The van der Waals surface area contributed by atoms with Crippen molar-refractivity contribution in [1.82, 2.24) is 0 Å². The van der Waals surface area contributed by atoms with E-state index in [0.29, 0.717) is 5.75 Å². The fourth-order valence-electron chi connectivity index (χ4n) is 3.61. The Labute approximate surface area is 183 Å². The van der Waals surface area contributed by atoms with E-state index in [4.69, 9.17) is 14.5 Å². The lowest BCUT2D eigenvalue weighted by atomic mass is 10.0. The molecule has 0 spiro atoms. The van der Waals surface area contributed by atoms with Gasteiger partial charge in [-0.15, -0.1) is 0 Å². The summed E-state index contributed by atoms with van der Waals surface area (Å²) in [6.45, 7) is 2.16. The van der Waals surface area contributed by atoms with E-state index in [2.05, 4.69) is 11.4 Å². The molecule has 0 aliphatic carbocycles. The molecule has 0 bridgehead atoms. The average Bonchev–Trinajstić information content (AvgIpc) is 2.72. The minimum absolute atomic E-state index is 0.0996. The van der Waals surface area contributed by atoms with Crippen molar-refractivity contribution in [1.29, 1.82) is 0 Å². The Morgan fingerprint density at radius 1 is 0.767 bits per heavy atom. The molecule has 174 valence electrons. The van der Waals surface area contributed by atoms with Crippen molar-refractivity contribution in [3.05, 3.63) is 30.3 Å². The van der Waals surface area contributed by atoms with Crippen LogP contribution in [0.3, 0.4) is 0 Å². The summed E-state index contributed by atoms with van der Waals surface area (Å²) < 4.78 is 21.5. The first-order valence-corrected chi connectivity index (χ1v) is 13.5. The van der Waals surface area contributed by atoms with Crippen molar-refractivity contribution in [3.63, 3.8) is 0 Å². The van der Waals surface area contributed by atoms with Gasteiger partial charge in [0.05, 0.1) is 6.61 Å². The standard InChI is InChI=1S/C24H43O5P/c1-2-3-4-5-6-7-8-9-10-11-12-13-14-16-21-24(22-28-30(25,26)27)29-23-19-17-15-18-20-23/h15,17-20,24H,2-14,16,21-22H2,1H3,(H2,25,26,27). The number of benzene rings is 1. The van der Waals surface area contributed by atoms with E-state index < -0.39 is 7.82 Å². The van der Waals surface area contributed by atoms with Gasteiger partial charge in [0, 0.05) is 0 Å². The first-order chi connectivity index (χ1) is 14.5. The maximum atomic E-state index is 11.0. The van der Waals surface area contributed by atoms with Crippen molar-refractivity contribution in [2.45, 2.75) is 109 Å². The van der Waals surface area contributed by atoms with Crippen molar-refractivity contribution in [3.8, 4) is 5.75 Å². The van der Waals surface area contributed by atoms with Gasteiger partial charge in [0.25, 0.3) is 0 Å². The molecule has 0 aliphatic heterocycles. The lowest BCUT2D eigenvalue weighted by molar-refractivity contribution is 0.0941. The predicted molar refractivity (Wildman–Crippen MR) is 124 cm³/mol. The van der Waals surface area contributed by atoms with Gasteiger partial charge in [-0.2, -0.15) is 0 Å². The Hall–Kier alpha value is -0.870. The van der Waals surface area contributed by atoms with Crippen molar-refractivity contribution < 1.29 is 23.6 Å². The molecule has 2 N–H and O–H groups in total. The summed E-state index contributed by atoms with van der Waals surface area (Å²) in [6.07, 6.45) is 18.6. The third kappa shape index (κ3) is 16.9. The molecule has 0 heterocycles.